The van der Waals surface area contributed by atoms with E-state index in [0.29, 0.717) is 22.9 Å². The van der Waals surface area contributed by atoms with Crippen LogP contribution in [0.4, 0.5) is 4.79 Å². The zero-order chi connectivity index (χ0) is 16.5. The Morgan fingerprint density at radius 1 is 1.45 bits per heavy atom. The van der Waals surface area contributed by atoms with Crippen LogP contribution in [0.25, 0.3) is 0 Å². The molecule has 0 aromatic rings. The molecule has 2 atom stereocenters. The third-order valence-corrected chi connectivity index (χ3v) is 4.62. The highest BCUT2D eigenvalue weighted by atomic mass is 35.6. The number of methoxy groups -OCH3 is 1. The van der Waals surface area contributed by atoms with Crippen LogP contribution >= 0.6 is 58.6 Å². The van der Waals surface area contributed by atoms with E-state index in [1.807, 2.05) is 0 Å². The highest BCUT2D eigenvalue weighted by molar-refractivity contribution is 7.81. The molecule has 2 rings (SSSR count). The van der Waals surface area contributed by atoms with Crippen molar-refractivity contribution in [1.29, 1.82) is 0 Å². The van der Waals surface area contributed by atoms with Gasteiger partial charge in [-0.25, -0.2) is 15.2 Å². The maximum Gasteiger partial charge on any atom is 0.340 e. The average Bonchev–Trinajstić information content (AvgIpc) is 2.76. The second kappa shape index (κ2) is 7.21. The summed E-state index contributed by atoms with van der Waals surface area (Å²) < 4.78 is 3.14. The number of allylic oxidation sites excluding steroid dienone is 2. The van der Waals surface area contributed by atoms with Crippen molar-refractivity contribution >= 4 is 69.5 Å². The summed E-state index contributed by atoms with van der Waals surface area (Å²) in [5.41, 5.74) is 2.88. The van der Waals surface area contributed by atoms with Gasteiger partial charge < -0.3 is 4.74 Å². The predicted molar refractivity (Wildman–Crippen MR) is 92.2 cm³/mol. The summed E-state index contributed by atoms with van der Waals surface area (Å²) in [6.45, 7) is 0.419. The van der Waals surface area contributed by atoms with Gasteiger partial charge in [0, 0.05) is 20.1 Å². The van der Waals surface area contributed by atoms with Crippen molar-refractivity contribution in [2.24, 2.45) is 0 Å². The number of hydrazine groups is 1. The van der Waals surface area contributed by atoms with Gasteiger partial charge in [-0.1, -0.05) is 70.8 Å². The molecule has 122 valence electrons. The van der Waals surface area contributed by atoms with Crippen LogP contribution in [0.5, 0.6) is 0 Å². The first kappa shape index (κ1) is 18.3. The summed E-state index contributed by atoms with van der Waals surface area (Å²) in [4.78, 5) is 14.5. The van der Waals surface area contributed by atoms with E-state index >= 15 is 0 Å². The van der Waals surface area contributed by atoms with Gasteiger partial charge >= 0.3 is 6.03 Å². The molecular weight excluding hydrogens is 392 g/mol. The molecule has 1 N–H and O–H groups in total. The molecule has 1 heterocycles. The molecule has 5 nitrogen and oxygen atoms in total. The Balaban J connectivity index is 2.29. The van der Waals surface area contributed by atoms with Crippen molar-refractivity contribution in [1.82, 2.24) is 15.3 Å². The van der Waals surface area contributed by atoms with Crippen molar-refractivity contribution in [3.05, 3.63) is 23.3 Å². The van der Waals surface area contributed by atoms with Gasteiger partial charge in [0.25, 0.3) is 3.92 Å². The zero-order valence-electron chi connectivity index (χ0n) is 11.4. The Hall–Kier alpha value is -0.0800. The Labute approximate surface area is 153 Å². The molecule has 0 bridgehead atoms. The number of halogens is 4. The normalized spacial score (nSPS) is 26.0. The molecule has 1 saturated heterocycles. The largest absolute Gasteiger partial charge is 0.385 e. The number of rotatable bonds is 4. The van der Waals surface area contributed by atoms with E-state index in [2.05, 4.69) is 5.43 Å². The first-order valence-corrected chi connectivity index (χ1v) is 8.22. The second-order valence-electron chi connectivity index (χ2n) is 4.63. The fourth-order valence-corrected chi connectivity index (χ4v) is 3.03. The number of thiocarbonyl (C=S) groups is 1. The molecule has 2 amide bonds. The van der Waals surface area contributed by atoms with Crippen molar-refractivity contribution < 1.29 is 9.53 Å². The van der Waals surface area contributed by atoms with Crippen LogP contribution in [-0.4, -0.2) is 50.6 Å². The zero-order valence-corrected chi connectivity index (χ0v) is 15.3. The first-order valence-electron chi connectivity index (χ1n) is 6.30. The standard InChI is InChI=1S/C12H13Cl4N3O2S/c1-21-6-5-9-17-19(12(14,15)16)11(20)18(9)8-4-2-3-7(13)10(8)22/h2-4,8-9,17H,5-6H2,1H3. The third-order valence-electron chi connectivity index (χ3n) is 3.21. The van der Waals surface area contributed by atoms with Crippen LogP contribution in [0, 0.1) is 0 Å². The van der Waals surface area contributed by atoms with Crippen molar-refractivity contribution in [3.63, 3.8) is 0 Å². The number of nitrogens with one attached hydrogen (secondary N) is 1. The molecule has 22 heavy (non-hydrogen) atoms. The van der Waals surface area contributed by atoms with Crippen molar-refractivity contribution in [2.75, 3.05) is 13.7 Å². The van der Waals surface area contributed by atoms with Crippen molar-refractivity contribution in [3.8, 4) is 0 Å². The summed E-state index contributed by atoms with van der Waals surface area (Å²) in [5.74, 6) is 0. The predicted octanol–water partition coefficient (Wildman–Crippen LogP) is 3.35. The lowest BCUT2D eigenvalue weighted by atomic mass is 10.1. The molecule has 2 aliphatic rings. The number of amides is 2. The van der Waals surface area contributed by atoms with E-state index in [0.717, 1.165) is 5.01 Å². The smallest absolute Gasteiger partial charge is 0.340 e. The van der Waals surface area contributed by atoms with Gasteiger partial charge in [-0.15, -0.1) is 0 Å². The Kier molecular flexibility index (Phi) is 5.99. The quantitative estimate of drug-likeness (QED) is 0.443. The Bertz CT molecular complexity index is 535. The van der Waals surface area contributed by atoms with Gasteiger partial charge in [0.05, 0.1) is 15.9 Å². The monoisotopic (exact) mass is 403 g/mol. The van der Waals surface area contributed by atoms with Crippen LogP contribution < -0.4 is 5.43 Å². The minimum absolute atomic E-state index is 0.410. The molecule has 1 fully saturated rings. The van der Waals surface area contributed by atoms with E-state index in [-0.39, 0.29) is 0 Å². The summed E-state index contributed by atoms with van der Waals surface area (Å²) in [7, 11) is 1.57. The SMILES string of the molecule is COCCC1NN(C(Cl)(Cl)Cl)C(=O)N1C1C=CC=C(Cl)C1=S. The van der Waals surface area contributed by atoms with Crippen LogP contribution in [0.15, 0.2) is 23.3 Å². The number of ether oxygens (including phenoxy) is 1. The van der Waals surface area contributed by atoms with E-state index in [1.165, 1.54) is 4.90 Å². The van der Waals surface area contributed by atoms with E-state index in [9.17, 15) is 4.79 Å². The van der Waals surface area contributed by atoms with Crippen molar-refractivity contribution in [2.45, 2.75) is 22.5 Å². The summed E-state index contributed by atoms with van der Waals surface area (Å²) >= 11 is 28.9. The van der Waals surface area contributed by atoms with E-state index < -0.39 is 22.2 Å². The lowest BCUT2D eigenvalue weighted by Crippen LogP contribution is -2.48. The van der Waals surface area contributed by atoms with Gasteiger partial charge in [0.1, 0.15) is 6.17 Å². The average molecular weight is 405 g/mol. The number of hydrogen-bond acceptors (Lipinski definition) is 4. The molecule has 0 radical (unpaired) electrons. The Morgan fingerprint density at radius 2 is 2.14 bits per heavy atom. The van der Waals surface area contributed by atoms with E-state index in [4.69, 9.17) is 63.4 Å². The summed E-state index contributed by atoms with van der Waals surface area (Å²) in [5, 5.41) is 1.36. The highest BCUT2D eigenvalue weighted by Gasteiger charge is 2.49. The highest BCUT2D eigenvalue weighted by Crippen LogP contribution is 2.35. The molecule has 0 saturated carbocycles. The molecule has 1 aliphatic carbocycles. The fraction of sp³-hybridized carbons (Fsp3) is 0.500. The molecule has 2 unspecified atom stereocenters. The Morgan fingerprint density at radius 3 is 2.73 bits per heavy atom. The first-order chi connectivity index (χ1) is 10.3. The number of urea groups is 1. The third kappa shape index (κ3) is 3.70. The number of carbonyl (C=O) groups excluding carboxylic acids is 1. The number of carbonyl (C=O) groups is 1. The maximum atomic E-state index is 12.6. The topological polar surface area (TPSA) is 44.8 Å². The molecule has 10 heteroatoms. The fourth-order valence-electron chi connectivity index (χ4n) is 2.22. The molecule has 0 aromatic heterocycles. The number of nitrogens with zero attached hydrogens (tertiary/aromatic N) is 2. The number of alkyl halides is 3. The minimum Gasteiger partial charge on any atom is -0.385 e. The lowest BCUT2D eigenvalue weighted by molar-refractivity contribution is 0.146. The van der Waals surface area contributed by atoms with Crippen LogP contribution in [0.3, 0.4) is 0 Å². The number of hydrogen-bond donors (Lipinski definition) is 1. The second-order valence-corrected chi connectivity index (χ2v) is 7.70. The van der Waals surface area contributed by atoms with Gasteiger partial charge in [-0.2, -0.15) is 0 Å². The molecule has 0 spiro atoms. The van der Waals surface area contributed by atoms with Gasteiger partial charge in [-0.05, 0) is 6.08 Å². The minimum atomic E-state index is -1.92. The van der Waals surface area contributed by atoms with Gasteiger partial charge in [-0.3, -0.25) is 4.90 Å². The van der Waals surface area contributed by atoms with Gasteiger partial charge in [0.2, 0.25) is 0 Å². The summed E-state index contributed by atoms with van der Waals surface area (Å²) in [6, 6.07) is -0.990. The molecular formula is C12H13Cl4N3O2S. The van der Waals surface area contributed by atoms with Crippen LogP contribution in [-0.2, 0) is 4.74 Å². The maximum absolute atomic E-state index is 12.6. The van der Waals surface area contributed by atoms with Crippen LogP contribution in [0.1, 0.15) is 6.42 Å². The van der Waals surface area contributed by atoms with Gasteiger partial charge in [0.15, 0.2) is 0 Å². The summed E-state index contributed by atoms with van der Waals surface area (Å²) in [6.07, 6.45) is 5.24. The van der Waals surface area contributed by atoms with Crippen LogP contribution in [0.2, 0.25) is 0 Å². The van der Waals surface area contributed by atoms with E-state index in [1.54, 1.807) is 25.3 Å². The lowest BCUT2D eigenvalue weighted by Gasteiger charge is -2.31. The molecule has 0 aromatic carbocycles. The molecule has 1 aliphatic heterocycles.